The number of hydrogen-bond donors (Lipinski definition) is 6. The van der Waals surface area contributed by atoms with Crippen LogP contribution in [0.25, 0.3) is 0 Å². The van der Waals surface area contributed by atoms with Crippen molar-refractivity contribution in [2.75, 3.05) is 20.2 Å². The molecule has 2 saturated heterocycles. The largest absolute Gasteiger partial charge is 0.393 e. The second kappa shape index (κ2) is 20.8. The minimum atomic E-state index is -1.03. The Morgan fingerprint density at radius 2 is 1.64 bits per heavy atom. The molecule has 0 radical (unpaired) electrons. The van der Waals surface area contributed by atoms with E-state index in [4.69, 9.17) is 10.5 Å². The third-order valence-electron chi connectivity index (χ3n) is 19.5. The number of rotatable bonds is 12. The quantitative estimate of drug-likeness (QED) is 0.146. The molecule has 0 bridgehead atoms. The maximum Gasteiger partial charge on any atom is 0.153 e. The smallest absolute Gasteiger partial charge is 0.153 e. The molecule has 1 spiro atoms. The van der Waals surface area contributed by atoms with Crippen molar-refractivity contribution in [2.24, 2.45) is 82.2 Å². The Labute approximate surface area is 369 Å². The number of fused-ring (bicyclic) bond motifs is 3. The lowest BCUT2D eigenvalue weighted by molar-refractivity contribution is -0.711. The molecule has 0 aromatic carbocycles. The predicted molar refractivity (Wildman–Crippen MR) is 237 cm³/mol. The molecule has 0 aromatic rings. The van der Waals surface area contributed by atoms with Gasteiger partial charge in [-0.25, -0.2) is 0 Å². The van der Waals surface area contributed by atoms with Crippen molar-refractivity contribution in [3.05, 3.63) is 0 Å². The molecule has 9 nitrogen and oxygen atoms in total. The van der Waals surface area contributed by atoms with Gasteiger partial charge in [0.25, 0.3) is 0 Å². The molecular weight excluding hydrogens is 763 g/mol. The van der Waals surface area contributed by atoms with Crippen molar-refractivity contribution in [1.29, 1.82) is 0 Å². The highest BCUT2D eigenvalue weighted by Crippen LogP contribution is 2.50. The number of ketones is 2. The maximum absolute atomic E-state index is 14.4. The van der Waals surface area contributed by atoms with Gasteiger partial charge in [0.2, 0.25) is 0 Å². The van der Waals surface area contributed by atoms with Gasteiger partial charge in [-0.15, -0.1) is 0 Å². The van der Waals surface area contributed by atoms with E-state index in [0.717, 1.165) is 89.1 Å². The molecule has 2 heterocycles. The molecule has 5 saturated carbocycles. The van der Waals surface area contributed by atoms with Crippen LogP contribution in [0.3, 0.4) is 0 Å². The number of nitrogens with two attached hydrogens (primary N) is 3. The molecule has 9 N–H and O–H groups in total. The first kappa shape index (κ1) is 46.2. The molecule has 0 amide bonds. The number of quaternary nitrogens is 2. The number of hydrogen-bond acceptors (Lipinski definition) is 7. The van der Waals surface area contributed by atoms with Crippen LogP contribution in [-0.2, 0) is 14.3 Å². The Hall–Kier alpha value is -1.38. The molecule has 8 rings (SSSR count). The normalized spacial score (nSPS) is 45.5. The molecule has 19 atom stereocenters. The number of carbonyl (C=O) groups excluding carboxylic acids is 2. The lowest BCUT2D eigenvalue weighted by atomic mass is 9.60. The minimum absolute atomic E-state index is 0.0570. The standard InChI is InChI=1S/C52H85N3O6/c1-3-34-31-55-51(53)29-45(34)44(38-11-10-35-6-4-5-7-37(35)24-38)26-41(56)15-12-36-19-21-52(49(59)17-14-39-25-48(61-2)47(58)28-43(36)39)20-18-32(23-50(52)60)8-9-33-22-40-13-16-42(57)27-46(40)54-30-33/h32-41,43-48,50-51,54-56,58,60H,3-18,20,22-31,53H2,1-2H3/p+2/t32-,33+,34?,35?,36+,37?,38?,39?,40-,41+,43?,44+,45?,46+,47?,48?,50+,51?,52+/m0/s1. The minimum Gasteiger partial charge on any atom is -0.393 e. The van der Waals surface area contributed by atoms with Gasteiger partial charge in [0.1, 0.15) is 17.4 Å². The van der Waals surface area contributed by atoms with Gasteiger partial charge in [0.15, 0.2) is 5.78 Å². The van der Waals surface area contributed by atoms with Crippen molar-refractivity contribution in [3.63, 3.8) is 0 Å². The number of aliphatic hydroxyl groups excluding tert-OH is 3. The molecule has 0 aromatic heterocycles. The Morgan fingerprint density at radius 1 is 0.836 bits per heavy atom. The molecule has 6 aliphatic carbocycles. The summed E-state index contributed by atoms with van der Waals surface area (Å²) in [6.07, 6.45) is 22.8. The van der Waals surface area contributed by atoms with Gasteiger partial charge in [-0.2, -0.15) is 0 Å². The lowest BCUT2D eigenvalue weighted by Gasteiger charge is -2.47. The average Bonchev–Trinajstić information content (AvgIpc) is 3.32. The summed E-state index contributed by atoms with van der Waals surface area (Å²) in [7, 11) is 1.69. The summed E-state index contributed by atoms with van der Waals surface area (Å²) in [6.45, 7) is 4.54. The number of aliphatic hydroxyl groups is 3. The van der Waals surface area contributed by atoms with Gasteiger partial charge in [0.05, 0.1) is 50.0 Å². The third kappa shape index (κ3) is 10.7. The number of methoxy groups -OCH3 is 1. The van der Waals surface area contributed by atoms with Crippen LogP contribution in [-0.4, -0.2) is 83.7 Å². The molecule has 7 fully saturated rings. The molecule has 344 valence electrons. The molecule has 9 heteroatoms. The number of piperidine rings is 2. The fourth-order valence-electron chi connectivity index (χ4n) is 15.7. The zero-order valence-corrected chi connectivity index (χ0v) is 38.3. The summed E-state index contributed by atoms with van der Waals surface area (Å²) < 4.78 is 5.79. The van der Waals surface area contributed by atoms with Crippen LogP contribution in [0.5, 0.6) is 0 Å². The van der Waals surface area contributed by atoms with E-state index in [1.165, 1.54) is 57.8 Å². The Kier molecular flexibility index (Phi) is 15.8. The summed E-state index contributed by atoms with van der Waals surface area (Å²) in [5, 5.41) is 40.3. The monoisotopic (exact) mass is 850 g/mol. The van der Waals surface area contributed by atoms with Crippen LogP contribution in [0.15, 0.2) is 0 Å². The first-order valence-corrected chi connectivity index (χ1v) is 26.1. The van der Waals surface area contributed by atoms with Crippen LogP contribution >= 0.6 is 0 Å². The van der Waals surface area contributed by atoms with Crippen LogP contribution in [0.1, 0.15) is 167 Å². The number of Topliss-reactive ketones (excluding diaryl/α,β-unsaturated/α-hetero) is 2. The zero-order valence-electron chi connectivity index (χ0n) is 38.3. The van der Waals surface area contributed by atoms with E-state index in [1.807, 2.05) is 0 Å². The Morgan fingerprint density at radius 3 is 2.44 bits per heavy atom. The van der Waals surface area contributed by atoms with E-state index in [-0.39, 0.29) is 35.8 Å². The van der Waals surface area contributed by atoms with Gasteiger partial charge in [0, 0.05) is 50.0 Å². The summed E-state index contributed by atoms with van der Waals surface area (Å²) in [4.78, 5) is 26.4. The fourth-order valence-corrected chi connectivity index (χ4v) is 15.7. The first-order valence-electron chi connectivity index (χ1n) is 26.1. The van der Waals surface area contributed by atoms with Crippen LogP contribution in [0.2, 0.25) is 0 Å². The van der Waals surface area contributed by atoms with Crippen molar-refractivity contribution in [3.8, 4) is 11.8 Å². The van der Waals surface area contributed by atoms with Crippen LogP contribution < -0.4 is 16.4 Å². The highest BCUT2D eigenvalue weighted by molar-refractivity contribution is 5.89. The first-order chi connectivity index (χ1) is 29.5. The Bertz CT molecular complexity index is 1530. The average molecular weight is 850 g/mol. The molecule has 61 heavy (non-hydrogen) atoms. The van der Waals surface area contributed by atoms with Crippen molar-refractivity contribution >= 4 is 11.6 Å². The van der Waals surface area contributed by atoms with Gasteiger partial charge in [-0.05, 0) is 156 Å². The summed E-state index contributed by atoms with van der Waals surface area (Å²) in [5.74, 6) is 13.9. The molecule has 10 unspecified atom stereocenters. The number of ether oxygens (including phenoxy) is 1. The second-order valence-electron chi connectivity index (χ2n) is 22.8. The van der Waals surface area contributed by atoms with Crippen molar-refractivity contribution in [1.82, 2.24) is 0 Å². The highest BCUT2D eigenvalue weighted by atomic mass is 16.5. The fraction of sp³-hybridized carbons (Fsp3) is 0.923. The van der Waals surface area contributed by atoms with Gasteiger partial charge < -0.3 is 30.7 Å². The second-order valence-corrected chi connectivity index (χ2v) is 22.8. The van der Waals surface area contributed by atoms with Gasteiger partial charge >= 0.3 is 0 Å². The van der Waals surface area contributed by atoms with Crippen LogP contribution in [0, 0.1) is 88.3 Å². The van der Waals surface area contributed by atoms with E-state index in [9.17, 15) is 24.9 Å². The van der Waals surface area contributed by atoms with Gasteiger partial charge in [-0.1, -0.05) is 44.4 Å². The van der Waals surface area contributed by atoms with Crippen LogP contribution in [0.4, 0.5) is 0 Å². The van der Waals surface area contributed by atoms with Gasteiger partial charge in [-0.3, -0.25) is 15.3 Å². The van der Waals surface area contributed by atoms with E-state index >= 15 is 0 Å². The van der Waals surface area contributed by atoms with E-state index < -0.39 is 23.7 Å². The number of carbonyl (C=O) groups is 2. The molecular formula is C52H87N3O6+2. The topological polar surface area (TPSA) is 163 Å². The van der Waals surface area contributed by atoms with Crippen molar-refractivity contribution in [2.45, 2.75) is 204 Å². The predicted octanol–water partition coefficient (Wildman–Crippen LogP) is 5.27. The van der Waals surface area contributed by atoms with Crippen molar-refractivity contribution < 1.29 is 40.3 Å². The summed E-state index contributed by atoms with van der Waals surface area (Å²) in [5.41, 5.74) is 5.64. The Balaban J connectivity index is 0.958. The zero-order chi connectivity index (χ0) is 42.7. The molecule has 2 aliphatic heterocycles. The summed E-state index contributed by atoms with van der Waals surface area (Å²) in [6, 6.07) is 0.484. The lowest BCUT2D eigenvalue weighted by Crippen LogP contribution is -2.96. The highest BCUT2D eigenvalue weighted by Gasteiger charge is 2.50. The SMILES string of the molecule is CCC1C[NH2+]C(N)CC1[C@H](C[C@H](O)CC[C@@H]1C#C[C@]2(CC[C@H](CC[C@H]3C[NH2+][C@@H]4CC(=O)CC[C@H]4C3)C[C@H]2O)C(=O)CCC2CC(OC)C(O)CC21)C1CCC2CCCCC2C1. The molecule has 8 aliphatic rings. The van der Waals surface area contributed by atoms with E-state index in [2.05, 4.69) is 29.4 Å². The third-order valence-corrected chi connectivity index (χ3v) is 19.5. The van der Waals surface area contributed by atoms with E-state index in [0.29, 0.717) is 91.8 Å². The van der Waals surface area contributed by atoms with E-state index in [1.54, 1.807) is 7.11 Å². The maximum atomic E-state index is 14.4. The summed E-state index contributed by atoms with van der Waals surface area (Å²) >= 11 is 0.